The fourth-order valence-corrected chi connectivity index (χ4v) is 4.53. The lowest BCUT2D eigenvalue weighted by Crippen LogP contribution is -2.38. The van der Waals surface area contributed by atoms with Crippen molar-refractivity contribution in [3.63, 3.8) is 0 Å². The van der Waals surface area contributed by atoms with E-state index in [1.807, 2.05) is 13.0 Å². The van der Waals surface area contributed by atoms with Crippen molar-refractivity contribution in [2.75, 3.05) is 11.5 Å². The summed E-state index contributed by atoms with van der Waals surface area (Å²) in [5.74, 6) is 0.406. The first-order valence-corrected chi connectivity index (χ1v) is 10.1. The van der Waals surface area contributed by atoms with Crippen LogP contribution in [0.3, 0.4) is 0 Å². The molecule has 2 rings (SSSR count). The number of nitrogens with one attached hydrogen (secondary N) is 1. The number of sulfonamides is 1. The van der Waals surface area contributed by atoms with E-state index in [1.165, 1.54) is 6.07 Å². The maximum atomic E-state index is 11.4. The molecule has 3 N–H and O–H groups in total. The fraction of sp³-hybridized carbons (Fsp3) is 0.538. The van der Waals surface area contributed by atoms with Crippen molar-refractivity contribution in [3.8, 4) is 0 Å². The summed E-state index contributed by atoms with van der Waals surface area (Å²) in [5, 5.41) is 8.48. The third-order valence-corrected chi connectivity index (χ3v) is 6.35. The predicted molar refractivity (Wildman–Crippen MR) is 81.0 cm³/mol. The van der Waals surface area contributed by atoms with E-state index in [9.17, 15) is 16.8 Å². The molecule has 1 heterocycles. The van der Waals surface area contributed by atoms with E-state index in [-0.39, 0.29) is 28.5 Å². The minimum absolute atomic E-state index is 0.0718. The van der Waals surface area contributed by atoms with E-state index < -0.39 is 19.9 Å². The molecular weight excluding hydrogens is 312 g/mol. The summed E-state index contributed by atoms with van der Waals surface area (Å²) < 4.78 is 45.5. The zero-order valence-corrected chi connectivity index (χ0v) is 13.5. The standard InChI is InChI=1S/C13H20N2O4S2/c1-10(15-12-5-7-20(16,17)8-6-12)11-3-2-4-13(9-11)21(14,18)19/h2-4,9-10,12,15H,5-8H2,1H3,(H2,14,18,19). The molecule has 1 aromatic carbocycles. The number of benzene rings is 1. The van der Waals surface area contributed by atoms with Crippen LogP contribution in [0.2, 0.25) is 0 Å². The highest BCUT2D eigenvalue weighted by molar-refractivity contribution is 7.91. The van der Waals surface area contributed by atoms with Crippen molar-refractivity contribution in [2.45, 2.75) is 36.7 Å². The van der Waals surface area contributed by atoms with Gasteiger partial charge in [-0.15, -0.1) is 0 Å². The highest BCUT2D eigenvalue weighted by atomic mass is 32.2. The molecule has 1 saturated heterocycles. The number of nitrogens with two attached hydrogens (primary N) is 1. The summed E-state index contributed by atoms with van der Waals surface area (Å²) in [5.41, 5.74) is 0.815. The first-order valence-electron chi connectivity index (χ1n) is 6.77. The van der Waals surface area contributed by atoms with Gasteiger partial charge in [-0.1, -0.05) is 12.1 Å². The maximum absolute atomic E-state index is 11.4. The molecule has 0 radical (unpaired) electrons. The number of sulfone groups is 1. The molecule has 0 spiro atoms. The Bertz CT molecular complexity index is 699. The Morgan fingerprint density at radius 2 is 1.90 bits per heavy atom. The van der Waals surface area contributed by atoms with Gasteiger partial charge in [-0.3, -0.25) is 0 Å². The van der Waals surface area contributed by atoms with Crippen LogP contribution in [0.25, 0.3) is 0 Å². The molecule has 8 heteroatoms. The van der Waals surface area contributed by atoms with E-state index in [0.717, 1.165) is 5.56 Å². The van der Waals surface area contributed by atoms with Crippen molar-refractivity contribution in [2.24, 2.45) is 5.14 Å². The molecule has 1 aromatic rings. The van der Waals surface area contributed by atoms with Gasteiger partial charge in [-0.25, -0.2) is 22.0 Å². The molecule has 118 valence electrons. The normalized spacial score (nSPS) is 21.0. The van der Waals surface area contributed by atoms with Crippen molar-refractivity contribution < 1.29 is 16.8 Å². The fourth-order valence-electron chi connectivity index (χ4n) is 2.47. The van der Waals surface area contributed by atoms with Gasteiger partial charge in [0.2, 0.25) is 10.0 Å². The molecule has 21 heavy (non-hydrogen) atoms. The van der Waals surface area contributed by atoms with Gasteiger partial charge in [0.05, 0.1) is 16.4 Å². The van der Waals surface area contributed by atoms with Gasteiger partial charge in [0.25, 0.3) is 0 Å². The number of rotatable bonds is 4. The number of primary sulfonamides is 1. The second kappa shape index (κ2) is 6.04. The molecule has 0 saturated carbocycles. The van der Waals surface area contributed by atoms with Crippen LogP contribution in [-0.4, -0.2) is 34.4 Å². The van der Waals surface area contributed by atoms with E-state index in [2.05, 4.69) is 5.32 Å². The van der Waals surface area contributed by atoms with Gasteiger partial charge in [-0.05, 0) is 37.5 Å². The van der Waals surface area contributed by atoms with Gasteiger partial charge in [0.15, 0.2) is 0 Å². The minimum Gasteiger partial charge on any atom is -0.307 e. The second-order valence-corrected chi connectivity index (χ2v) is 9.30. The molecule has 1 atom stereocenters. The van der Waals surface area contributed by atoms with Crippen LogP contribution in [0.5, 0.6) is 0 Å². The predicted octanol–water partition coefficient (Wildman–Crippen LogP) is 0.562. The van der Waals surface area contributed by atoms with Crippen LogP contribution in [0.4, 0.5) is 0 Å². The number of hydrogen-bond acceptors (Lipinski definition) is 5. The van der Waals surface area contributed by atoms with Gasteiger partial charge in [0.1, 0.15) is 9.84 Å². The lowest BCUT2D eigenvalue weighted by atomic mass is 10.1. The topological polar surface area (TPSA) is 106 Å². The first kappa shape index (κ1) is 16.4. The SMILES string of the molecule is CC(NC1CCS(=O)(=O)CC1)c1cccc(S(N)(=O)=O)c1. The summed E-state index contributed by atoms with van der Waals surface area (Å²) >= 11 is 0. The van der Waals surface area contributed by atoms with Crippen molar-refractivity contribution in [1.29, 1.82) is 0 Å². The lowest BCUT2D eigenvalue weighted by Gasteiger charge is -2.27. The molecule has 6 nitrogen and oxygen atoms in total. The summed E-state index contributed by atoms with van der Waals surface area (Å²) in [6.07, 6.45) is 1.17. The van der Waals surface area contributed by atoms with E-state index in [4.69, 9.17) is 5.14 Å². The molecule has 1 aliphatic heterocycles. The highest BCUT2D eigenvalue weighted by Gasteiger charge is 2.24. The van der Waals surface area contributed by atoms with Crippen LogP contribution < -0.4 is 10.5 Å². The van der Waals surface area contributed by atoms with Crippen molar-refractivity contribution in [1.82, 2.24) is 5.32 Å². The van der Waals surface area contributed by atoms with E-state index in [0.29, 0.717) is 12.8 Å². The molecule has 1 unspecified atom stereocenters. The monoisotopic (exact) mass is 332 g/mol. The third-order valence-electron chi connectivity index (χ3n) is 3.73. The second-order valence-electron chi connectivity index (χ2n) is 5.43. The van der Waals surface area contributed by atoms with Gasteiger partial charge >= 0.3 is 0 Å². The van der Waals surface area contributed by atoms with Gasteiger partial charge in [0, 0.05) is 12.1 Å². The zero-order valence-electron chi connectivity index (χ0n) is 11.8. The molecule has 0 aromatic heterocycles. The van der Waals surface area contributed by atoms with Crippen LogP contribution >= 0.6 is 0 Å². The van der Waals surface area contributed by atoms with Crippen LogP contribution in [0.15, 0.2) is 29.2 Å². The molecular formula is C13H20N2O4S2. The summed E-state index contributed by atoms with van der Waals surface area (Å²) in [6, 6.07) is 6.54. The molecule has 1 fully saturated rings. The summed E-state index contributed by atoms with van der Waals surface area (Å²) in [4.78, 5) is 0.0832. The Morgan fingerprint density at radius 1 is 1.29 bits per heavy atom. The molecule has 1 aliphatic rings. The van der Waals surface area contributed by atoms with E-state index in [1.54, 1.807) is 12.1 Å². The van der Waals surface area contributed by atoms with E-state index >= 15 is 0 Å². The van der Waals surface area contributed by atoms with Gasteiger partial charge < -0.3 is 5.32 Å². The minimum atomic E-state index is -3.71. The lowest BCUT2D eigenvalue weighted by molar-refractivity contribution is 0.420. The molecule has 0 bridgehead atoms. The van der Waals surface area contributed by atoms with Crippen molar-refractivity contribution >= 4 is 19.9 Å². The first-order chi connectivity index (χ1) is 9.67. The van der Waals surface area contributed by atoms with Gasteiger partial charge in [-0.2, -0.15) is 0 Å². The molecule has 0 amide bonds. The Hall–Kier alpha value is -0.960. The van der Waals surface area contributed by atoms with Crippen LogP contribution in [0.1, 0.15) is 31.4 Å². The largest absolute Gasteiger partial charge is 0.307 e. The Balaban J connectivity index is 2.06. The zero-order chi connectivity index (χ0) is 15.7. The summed E-state index contributed by atoms with van der Waals surface area (Å²) in [6.45, 7) is 1.92. The average molecular weight is 332 g/mol. The summed E-state index contributed by atoms with van der Waals surface area (Å²) in [7, 11) is -6.59. The smallest absolute Gasteiger partial charge is 0.238 e. The Morgan fingerprint density at radius 3 is 2.48 bits per heavy atom. The number of hydrogen-bond donors (Lipinski definition) is 2. The Labute approximate surface area is 125 Å². The van der Waals surface area contributed by atoms with Crippen molar-refractivity contribution in [3.05, 3.63) is 29.8 Å². The maximum Gasteiger partial charge on any atom is 0.238 e. The van der Waals surface area contributed by atoms with Crippen LogP contribution in [-0.2, 0) is 19.9 Å². The average Bonchev–Trinajstić information content (AvgIpc) is 2.40. The van der Waals surface area contributed by atoms with Crippen LogP contribution in [0, 0.1) is 0 Å². The highest BCUT2D eigenvalue weighted by Crippen LogP contribution is 2.20. The third kappa shape index (κ3) is 4.50. The Kier molecular flexibility index (Phi) is 4.72. The molecule has 0 aliphatic carbocycles. The quantitative estimate of drug-likeness (QED) is 0.838.